The van der Waals surface area contributed by atoms with Gasteiger partial charge in [-0.15, -0.1) is 0 Å². The molecule has 0 radical (unpaired) electrons. The Morgan fingerprint density at radius 2 is 0.761 bits per heavy atom. The summed E-state index contributed by atoms with van der Waals surface area (Å²) in [5.74, 6) is -0.303. The van der Waals surface area contributed by atoms with Crippen molar-refractivity contribution in [2.75, 3.05) is 26.4 Å². The van der Waals surface area contributed by atoms with Crippen LogP contribution in [0.5, 0.6) is 0 Å². The fraction of sp³-hybridized carbons (Fsp3) is 0.849. The molecular weight excluding hydrogens is 1180 g/mol. The van der Waals surface area contributed by atoms with E-state index in [0.717, 1.165) is 70.6 Å². The molecule has 0 aromatic carbocycles. The Balaban J connectivity index is 1.39. The quantitative estimate of drug-likeness (QED) is 0.0199. The van der Waals surface area contributed by atoms with Crippen molar-refractivity contribution >= 4 is 5.91 Å². The van der Waals surface area contributed by atoms with Gasteiger partial charge in [-0.05, 0) is 64.2 Å². The summed E-state index contributed by atoms with van der Waals surface area (Å²) < 4.78 is 34.3. The molecule has 0 bridgehead atoms. The van der Waals surface area contributed by atoms with Crippen molar-refractivity contribution in [3.8, 4) is 0 Å². The van der Waals surface area contributed by atoms with Gasteiger partial charge in [0.05, 0.1) is 38.6 Å². The van der Waals surface area contributed by atoms with Crippen molar-refractivity contribution in [2.24, 2.45) is 0 Å². The van der Waals surface area contributed by atoms with E-state index in [0.29, 0.717) is 12.8 Å². The summed E-state index contributed by atoms with van der Waals surface area (Å²) in [5, 5.41) is 120. The van der Waals surface area contributed by atoms with Crippen LogP contribution in [0.3, 0.4) is 0 Å². The van der Waals surface area contributed by atoms with Gasteiger partial charge in [-0.25, -0.2) is 0 Å². The Morgan fingerprint density at radius 3 is 1.22 bits per heavy atom. The molecule has 0 aliphatic carbocycles. The number of hydrogen-bond acceptors (Lipinski definition) is 18. The largest absolute Gasteiger partial charge is 0.394 e. The molecule has 0 spiro atoms. The summed E-state index contributed by atoms with van der Waals surface area (Å²) in [4.78, 5) is 13.4. The van der Waals surface area contributed by atoms with Gasteiger partial charge in [-0.2, -0.15) is 0 Å². The molecule has 0 aromatic heterocycles. The lowest BCUT2D eigenvalue weighted by atomic mass is 9.96. The van der Waals surface area contributed by atoms with Crippen LogP contribution < -0.4 is 5.32 Å². The van der Waals surface area contributed by atoms with Crippen LogP contribution in [-0.2, 0) is 33.2 Å². The number of hydrogen-bond donors (Lipinski definition) is 12. The number of amides is 1. The zero-order valence-corrected chi connectivity index (χ0v) is 56.8. The molecule has 12 N–H and O–H groups in total. The highest BCUT2D eigenvalue weighted by Crippen LogP contribution is 2.33. The molecule has 19 nitrogen and oxygen atoms in total. The normalized spacial score (nSPS) is 28.0. The average Bonchev–Trinajstić information content (AvgIpc) is 0.837. The number of ether oxygens (including phenoxy) is 6. The van der Waals surface area contributed by atoms with Gasteiger partial charge in [0.15, 0.2) is 18.9 Å². The van der Waals surface area contributed by atoms with Gasteiger partial charge in [-0.1, -0.05) is 254 Å². The molecule has 0 saturated carbocycles. The number of rotatable bonds is 56. The van der Waals surface area contributed by atoms with Gasteiger partial charge in [0.2, 0.25) is 5.91 Å². The number of unbranched alkanes of at least 4 members (excludes halogenated alkanes) is 32. The molecule has 92 heavy (non-hydrogen) atoms. The third-order valence-corrected chi connectivity index (χ3v) is 18.0. The second-order valence-electron chi connectivity index (χ2n) is 26.0. The van der Waals surface area contributed by atoms with Crippen molar-refractivity contribution in [1.82, 2.24) is 5.32 Å². The van der Waals surface area contributed by atoms with Gasteiger partial charge >= 0.3 is 0 Å². The molecular formula is C73H131NO18. The van der Waals surface area contributed by atoms with Crippen molar-refractivity contribution in [3.05, 3.63) is 60.8 Å². The van der Waals surface area contributed by atoms with E-state index in [1.807, 2.05) is 6.08 Å². The van der Waals surface area contributed by atoms with Crippen LogP contribution >= 0.6 is 0 Å². The number of allylic oxidation sites excluding steroid dienone is 9. The van der Waals surface area contributed by atoms with Crippen LogP contribution in [0.2, 0.25) is 0 Å². The Kier molecular flexibility index (Phi) is 49.6. The summed E-state index contributed by atoms with van der Waals surface area (Å²) in [5.41, 5.74) is 0. The molecule has 1 amide bonds. The molecule has 3 saturated heterocycles. The maximum atomic E-state index is 13.4. The Bertz CT molecular complexity index is 1900. The summed E-state index contributed by atoms with van der Waals surface area (Å²) in [6.45, 7) is 1.60. The van der Waals surface area contributed by atoms with E-state index in [1.54, 1.807) is 6.08 Å². The molecule has 19 heteroatoms. The zero-order valence-electron chi connectivity index (χ0n) is 56.8. The molecule has 3 aliphatic rings. The molecule has 536 valence electrons. The SMILES string of the molecule is CC/C=C\C/C=C\C/C=C\CCCCCCCC(=O)NC(COC1OC(CO)C(OC2OC(CO)C(OC3OC(CO)C(O)C(O)C3O)C(O)C2O)C(O)C1O)C(O)/C=C/CC/C=C/CCCCCCCCCCCCCCCCCCCCCCCCCCCC. The lowest BCUT2D eigenvalue weighted by molar-refractivity contribution is -0.379. The summed E-state index contributed by atoms with van der Waals surface area (Å²) in [6.07, 6.45) is 40.9. The Morgan fingerprint density at radius 1 is 0.402 bits per heavy atom. The summed E-state index contributed by atoms with van der Waals surface area (Å²) in [7, 11) is 0. The summed E-state index contributed by atoms with van der Waals surface area (Å²) in [6, 6.07) is -1.00. The van der Waals surface area contributed by atoms with Crippen molar-refractivity contribution in [1.29, 1.82) is 0 Å². The third kappa shape index (κ3) is 35.7. The fourth-order valence-electron chi connectivity index (χ4n) is 12.2. The van der Waals surface area contributed by atoms with Crippen LogP contribution in [0.25, 0.3) is 0 Å². The second kappa shape index (κ2) is 54.5. The predicted molar refractivity (Wildman–Crippen MR) is 360 cm³/mol. The van der Waals surface area contributed by atoms with Gasteiger partial charge in [0.1, 0.15) is 73.2 Å². The van der Waals surface area contributed by atoms with E-state index >= 15 is 0 Å². The van der Waals surface area contributed by atoms with Crippen LogP contribution in [0, 0.1) is 0 Å². The predicted octanol–water partition coefficient (Wildman–Crippen LogP) is 10.3. The van der Waals surface area contributed by atoms with E-state index in [4.69, 9.17) is 28.4 Å². The minimum absolute atomic E-state index is 0.214. The van der Waals surface area contributed by atoms with E-state index in [-0.39, 0.29) is 18.9 Å². The average molecular weight is 1310 g/mol. The molecule has 3 aliphatic heterocycles. The molecule has 17 atom stereocenters. The van der Waals surface area contributed by atoms with E-state index in [1.165, 1.54) is 161 Å². The monoisotopic (exact) mass is 1310 g/mol. The van der Waals surface area contributed by atoms with Crippen molar-refractivity contribution in [2.45, 2.75) is 369 Å². The van der Waals surface area contributed by atoms with Crippen molar-refractivity contribution in [3.63, 3.8) is 0 Å². The molecule has 3 heterocycles. The molecule has 0 aromatic rings. The minimum atomic E-state index is -1.99. The first kappa shape index (κ1) is 83.7. The smallest absolute Gasteiger partial charge is 0.220 e. The first-order valence-electron chi connectivity index (χ1n) is 36.5. The van der Waals surface area contributed by atoms with E-state index in [2.05, 4.69) is 67.8 Å². The molecule has 3 fully saturated rings. The second-order valence-corrected chi connectivity index (χ2v) is 26.0. The Labute approximate surface area is 554 Å². The first-order chi connectivity index (χ1) is 44.8. The maximum absolute atomic E-state index is 13.4. The number of aliphatic hydroxyl groups is 11. The topological polar surface area (TPSA) is 307 Å². The van der Waals surface area contributed by atoms with Crippen LogP contribution in [0.1, 0.15) is 264 Å². The highest BCUT2D eigenvalue weighted by Gasteiger charge is 2.53. The fourth-order valence-corrected chi connectivity index (χ4v) is 12.2. The first-order valence-corrected chi connectivity index (χ1v) is 36.5. The number of carbonyl (C=O) groups excluding carboxylic acids is 1. The lowest BCUT2D eigenvalue weighted by Gasteiger charge is -2.48. The number of carbonyl (C=O) groups is 1. The highest BCUT2D eigenvalue weighted by molar-refractivity contribution is 5.76. The minimum Gasteiger partial charge on any atom is -0.394 e. The van der Waals surface area contributed by atoms with E-state index in [9.17, 15) is 61.0 Å². The van der Waals surface area contributed by atoms with Crippen LogP contribution in [0.4, 0.5) is 0 Å². The lowest BCUT2D eigenvalue weighted by Crippen LogP contribution is -2.66. The van der Waals surface area contributed by atoms with Crippen molar-refractivity contribution < 1.29 is 89.4 Å². The zero-order chi connectivity index (χ0) is 66.8. The standard InChI is InChI=1S/C73H131NO18/c1-3-5-7-9-11-13-15-17-19-20-21-22-23-24-25-26-27-28-29-30-31-32-33-34-35-37-38-40-42-44-46-48-50-57(78)56(74-61(79)51-49-47-45-43-41-39-36-18-16-14-12-10-8-6-4-2)55-87-71-67(85)64(82)69(59(53-76)89-71)92-73-68(86)65(83)70(60(54-77)90-73)91-72-66(84)63(81)62(80)58(52-75)88-72/h6,8,12,14,18,36,40,42,48,50,56-60,62-73,75-78,80-86H,3-5,7,9-11,13,15-17,19-35,37-39,41,43-47,49,51-55H2,1-2H3,(H,74,79)/b8-6-,14-12-,36-18-,42-40+,50-48+. The summed E-state index contributed by atoms with van der Waals surface area (Å²) >= 11 is 0. The third-order valence-electron chi connectivity index (χ3n) is 18.0. The van der Waals surface area contributed by atoms with Gasteiger partial charge in [0, 0.05) is 6.42 Å². The Hall–Kier alpha value is -2.51. The number of nitrogens with one attached hydrogen (secondary N) is 1. The van der Waals surface area contributed by atoms with Crippen LogP contribution in [0.15, 0.2) is 60.8 Å². The van der Waals surface area contributed by atoms with Gasteiger partial charge in [0.25, 0.3) is 0 Å². The maximum Gasteiger partial charge on any atom is 0.220 e. The number of aliphatic hydroxyl groups excluding tert-OH is 11. The highest BCUT2D eigenvalue weighted by atomic mass is 16.8. The van der Waals surface area contributed by atoms with Gasteiger partial charge in [-0.3, -0.25) is 4.79 Å². The molecule has 3 rings (SSSR count). The van der Waals surface area contributed by atoms with Gasteiger partial charge < -0.3 is 89.9 Å². The molecule has 17 unspecified atom stereocenters. The van der Waals surface area contributed by atoms with Crippen LogP contribution in [-0.4, -0.2) is 193 Å². The van der Waals surface area contributed by atoms with E-state index < -0.39 is 124 Å².